The number of morpholine rings is 1. The lowest BCUT2D eigenvalue weighted by atomic mass is 9.81. The number of nitrogens with one attached hydrogen (secondary N) is 1. The molecule has 1 N–H and O–H groups in total. The molecule has 1 unspecified atom stereocenters. The summed E-state index contributed by atoms with van der Waals surface area (Å²) in [5.41, 5.74) is 6.17. The number of aromatic nitrogens is 1. The van der Waals surface area contributed by atoms with Gasteiger partial charge in [-0.1, -0.05) is 25.3 Å². The van der Waals surface area contributed by atoms with Crippen molar-refractivity contribution in [2.45, 2.75) is 51.0 Å². The normalized spacial score (nSPS) is 18.5. The van der Waals surface area contributed by atoms with Gasteiger partial charge in [0.2, 0.25) is 11.8 Å². The van der Waals surface area contributed by atoms with E-state index in [0.717, 1.165) is 46.3 Å². The third-order valence-electron chi connectivity index (χ3n) is 9.60. The van der Waals surface area contributed by atoms with Crippen LogP contribution in [0.25, 0.3) is 22.2 Å². The molecule has 1 saturated carbocycles. The van der Waals surface area contributed by atoms with E-state index in [1.807, 2.05) is 36.6 Å². The Kier molecular flexibility index (Phi) is 9.91. The quantitative estimate of drug-likeness (QED) is 0.354. The first-order valence-corrected chi connectivity index (χ1v) is 17.1. The van der Waals surface area contributed by atoms with Gasteiger partial charge in [0.25, 0.3) is 5.91 Å². The highest BCUT2D eigenvalue weighted by molar-refractivity contribution is 7.95. The smallest absolute Gasteiger partial charge is 0.262 e. The number of hydrogen-bond acceptors (Lipinski definition) is 7. The van der Waals surface area contributed by atoms with Gasteiger partial charge in [0, 0.05) is 60.8 Å². The van der Waals surface area contributed by atoms with Crippen molar-refractivity contribution in [2.75, 3.05) is 61.1 Å². The van der Waals surface area contributed by atoms with Crippen LogP contribution >= 0.6 is 12.1 Å². The number of methoxy groups -OCH3 is 1. The third kappa shape index (κ3) is 6.63. The van der Waals surface area contributed by atoms with Crippen molar-refractivity contribution in [1.29, 1.82) is 0 Å². The van der Waals surface area contributed by atoms with Gasteiger partial charge in [-0.05, 0) is 80.7 Å². The van der Waals surface area contributed by atoms with Crippen molar-refractivity contribution in [2.24, 2.45) is 5.92 Å². The molecule has 3 aromatic rings. The number of nitrogens with zero attached hydrogens (tertiary/aromatic N) is 4. The van der Waals surface area contributed by atoms with Crippen LogP contribution < -0.4 is 9.46 Å². The number of amides is 3. The fourth-order valence-electron chi connectivity index (χ4n) is 7.31. The number of likely N-dealkylation sites (N-methyl/N-ethyl adjacent to an activating group) is 1. The van der Waals surface area contributed by atoms with Crippen molar-refractivity contribution in [3.8, 4) is 17.0 Å². The number of carbonyl (C=O) groups is 3. The van der Waals surface area contributed by atoms with Crippen LogP contribution in [-0.4, -0.2) is 97.5 Å². The van der Waals surface area contributed by atoms with Crippen molar-refractivity contribution in [3.63, 3.8) is 0 Å². The van der Waals surface area contributed by atoms with Crippen LogP contribution in [-0.2, 0) is 27.3 Å². The first-order valence-electron chi connectivity index (χ1n) is 16.3. The number of ether oxygens (including phenoxy) is 2. The molecule has 3 heterocycles. The first-order chi connectivity index (χ1) is 22.2. The average Bonchev–Trinajstić information content (AvgIpc) is 3.29. The van der Waals surface area contributed by atoms with Crippen molar-refractivity contribution in [3.05, 3.63) is 53.1 Å². The molecule has 3 amide bonds. The number of fused-ring (bicyclic) bond motifs is 5. The molecule has 10 nitrogen and oxygen atoms in total. The Bertz CT molecular complexity index is 1610. The molecule has 1 aliphatic carbocycles. The minimum absolute atomic E-state index is 0.0285. The van der Waals surface area contributed by atoms with Crippen LogP contribution in [0.15, 0.2) is 36.4 Å². The molecule has 2 aliphatic heterocycles. The Morgan fingerprint density at radius 1 is 1.02 bits per heavy atom. The van der Waals surface area contributed by atoms with E-state index >= 15 is 0 Å². The number of benzene rings is 2. The van der Waals surface area contributed by atoms with Gasteiger partial charge in [0.1, 0.15) is 5.75 Å². The zero-order valence-corrected chi connectivity index (χ0v) is 28.2. The van der Waals surface area contributed by atoms with E-state index in [2.05, 4.69) is 27.5 Å². The molecule has 0 radical (unpaired) electrons. The first kappa shape index (κ1) is 32.4. The molecular formula is C35H45N5O5S. The van der Waals surface area contributed by atoms with Gasteiger partial charge in [-0.15, -0.1) is 0 Å². The Balaban J connectivity index is 1.44. The summed E-state index contributed by atoms with van der Waals surface area (Å²) in [4.78, 5) is 43.9. The SMILES string of the molecule is COc1ccc2c(c1)CC(C(=O)N(C)CC(=O)N1CCOCC1)Cn1c-2c(C2CCCCC2)c2ccc(C(=O)NSN(C)C)cc21. The average molecular weight is 648 g/mol. The van der Waals surface area contributed by atoms with Crippen LogP contribution in [0.4, 0.5) is 0 Å². The molecule has 1 aromatic heterocycles. The number of rotatable bonds is 8. The number of hydrogen-bond donors (Lipinski definition) is 1. The maximum absolute atomic E-state index is 14.2. The second-order valence-electron chi connectivity index (χ2n) is 12.9. The molecule has 11 heteroatoms. The molecule has 246 valence electrons. The van der Waals surface area contributed by atoms with Gasteiger partial charge >= 0.3 is 0 Å². The fourth-order valence-corrected chi connectivity index (χ4v) is 7.70. The Labute approximate surface area is 275 Å². The molecule has 1 atom stereocenters. The van der Waals surface area contributed by atoms with E-state index in [1.165, 1.54) is 37.0 Å². The Hall–Kier alpha value is -3.54. The van der Waals surface area contributed by atoms with E-state index in [4.69, 9.17) is 9.47 Å². The van der Waals surface area contributed by atoms with Crippen LogP contribution in [0.3, 0.4) is 0 Å². The topological polar surface area (TPSA) is 96.3 Å². The van der Waals surface area contributed by atoms with Gasteiger partial charge in [-0.3, -0.25) is 19.1 Å². The molecule has 2 fully saturated rings. The second kappa shape index (κ2) is 14.1. The predicted molar refractivity (Wildman–Crippen MR) is 181 cm³/mol. The van der Waals surface area contributed by atoms with Crippen LogP contribution in [0.5, 0.6) is 5.75 Å². The van der Waals surface area contributed by atoms with Gasteiger partial charge in [0.15, 0.2) is 0 Å². The number of carbonyl (C=O) groups excluding carboxylic acids is 3. The molecule has 3 aliphatic rings. The van der Waals surface area contributed by atoms with E-state index in [0.29, 0.717) is 50.8 Å². The molecule has 1 saturated heterocycles. The predicted octanol–water partition coefficient (Wildman–Crippen LogP) is 4.71. The summed E-state index contributed by atoms with van der Waals surface area (Å²) in [5, 5.41) is 1.14. The summed E-state index contributed by atoms with van der Waals surface area (Å²) in [6, 6.07) is 12.2. The summed E-state index contributed by atoms with van der Waals surface area (Å²) in [6.45, 7) is 2.60. The van der Waals surface area contributed by atoms with Crippen LogP contribution in [0.1, 0.15) is 59.5 Å². The summed E-state index contributed by atoms with van der Waals surface area (Å²) < 4.78 is 18.1. The molecule has 0 bridgehead atoms. The van der Waals surface area contributed by atoms with E-state index in [-0.39, 0.29) is 24.3 Å². The summed E-state index contributed by atoms with van der Waals surface area (Å²) in [7, 11) is 7.15. The van der Waals surface area contributed by atoms with Gasteiger partial charge in [0.05, 0.1) is 38.5 Å². The monoisotopic (exact) mass is 647 g/mol. The molecule has 2 aromatic carbocycles. The minimum atomic E-state index is -0.411. The van der Waals surface area contributed by atoms with Crippen molar-refractivity contribution in [1.82, 2.24) is 23.4 Å². The lowest BCUT2D eigenvalue weighted by Gasteiger charge is -2.30. The molecular weight excluding hydrogens is 602 g/mol. The van der Waals surface area contributed by atoms with Gasteiger partial charge in [-0.25, -0.2) is 4.31 Å². The lowest BCUT2D eigenvalue weighted by Crippen LogP contribution is -2.47. The minimum Gasteiger partial charge on any atom is -0.497 e. The van der Waals surface area contributed by atoms with Crippen molar-refractivity contribution < 1.29 is 23.9 Å². The zero-order valence-electron chi connectivity index (χ0n) is 27.3. The lowest BCUT2D eigenvalue weighted by molar-refractivity contribution is -0.143. The van der Waals surface area contributed by atoms with Crippen LogP contribution in [0.2, 0.25) is 0 Å². The van der Waals surface area contributed by atoms with Gasteiger partial charge in [-0.2, -0.15) is 0 Å². The summed E-state index contributed by atoms with van der Waals surface area (Å²) >= 11 is 1.24. The van der Waals surface area contributed by atoms with E-state index in [9.17, 15) is 14.4 Å². The van der Waals surface area contributed by atoms with E-state index < -0.39 is 5.92 Å². The van der Waals surface area contributed by atoms with Crippen molar-refractivity contribution >= 4 is 40.8 Å². The zero-order chi connectivity index (χ0) is 32.4. The van der Waals surface area contributed by atoms with Crippen LogP contribution in [0, 0.1) is 5.92 Å². The molecule has 46 heavy (non-hydrogen) atoms. The Morgan fingerprint density at radius 3 is 2.50 bits per heavy atom. The standard InChI is InChI=1S/C35H45N5O5S/c1-37(2)46-36-34(42)24-10-12-29-30(20-24)40-21-26(35(43)38(3)22-31(41)39-14-16-45-17-15-39)18-25-19-27(44-4)11-13-28(25)33(40)32(29)23-8-6-5-7-9-23/h10-13,19-20,23,26H,5-9,14-18,21-22H2,1-4H3,(H,36,42). The highest BCUT2D eigenvalue weighted by Crippen LogP contribution is 2.47. The Morgan fingerprint density at radius 2 is 1.78 bits per heavy atom. The van der Waals surface area contributed by atoms with Gasteiger partial charge < -0.3 is 23.8 Å². The highest BCUT2D eigenvalue weighted by Gasteiger charge is 2.35. The third-order valence-corrected chi connectivity index (χ3v) is 10.2. The molecule has 0 spiro atoms. The van der Waals surface area contributed by atoms with E-state index in [1.54, 1.807) is 24.0 Å². The maximum Gasteiger partial charge on any atom is 0.262 e. The highest BCUT2D eigenvalue weighted by atomic mass is 32.2. The maximum atomic E-state index is 14.2. The molecule has 6 rings (SSSR count). The fraction of sp³-hybridized carbons (Fsp3) is 0.514. The summed E-state index contributed by atoms with van der Waals surface area (Å²) in [5.74, 6) is 0.442. The largest absolute Gasteiger partial charge is 0.497 e. The second-order valence-corrected chi connectivity index (χ2v) is 14.0. The summed E-state index contributed by atoms with van der Waals surface area (Å²) in [6.07, 6.45) is 6.39.